The Morgan fingerprint density at radius 2 is 1.57 bits per heavy atom. The van der Waals surface area contributed by atoms with Gasteiger partial charge in [0, 0.05) is 11.4 Å². The van der Waals surface area contributed by atoms with Crippen molar-refractivity contribution in [1.29, 1.82) is 5.26 Å². The Balaban J connectivity index is 2.36. The average molecular weight is 290 g/mol. The van der Waals surface area contributed by atoms with Gasteiger partial charge < -0.3 is 5.32 Å². The Morgan fingerprint density at radius 3 is 2.10 bits per heavy atom. The van der Waals surface area contributed by atoms with Crippen LogP contribution < -0.4 is 5.32 Å². The summed E-state index contributed by atoms with van der Waals surface area (Å²) in [5.41, 5.74) is 2.00. The average Bonchev–Trinajstić information content (AvgIpc) is 2.36. The molecule has 21 heavy (non-hydrogen) atoms. The number of hydrogen-bond donors (Lipinski definition) is 1. The maximum absolute atomic E-state index is 12.7. The molecule has 0 spiro atoms. The van der Waals surface area contributed by atoms with Gasteiger partial charge in [-0.2, -0.15) is 18.4 Å². The molecule has 0 aliphatic carbocycles. The molecular formula is C16H13F3N2. The van der Waals surface area contributed by atoms with Crippen molar-refractivity contribution in [2.75, 3.05) is 5.32 Å². The Labute approximate surface area is 120 Å². The van der Waals surface area contributed by atoms with Crippen LogP contribution in [0, 0.1) is 25.2 Å². The van der Waals surface area contributed by atoms with Crippen LogP contribution in [0.3, 0.4) is 0 Å². The molecule has 2 aromatic rings. The van der Waals surface area contributed by atoms with Crippen molar-refractivity contribution in [2.24, 2.45) is 0 Å². The Hall–Kier alpha value is -2.48. The topological polar surface area (TPSA) is 35.8 Å². The number of nitrogens with one attached hydrogen (secondary N) is 1. The van der Waals surface area contributed by atoms with Gasteiger partial charge >= 0.3 is 6.18 Å². The molecule has 1 N–H and O–H groups in total. The maximum atomic E-state index is 12.7. The maximum Gasteiger partial charge on any atom is 0.417 e. The molecule has 0 bridgehead atoms. The molecule has 0 saturated heterocycles. The third kappa shape index (κ3) is 3.54. The summed E-state index contributed by atoms with van der Waals surface area (Å²) in [6.07, 6.45) is -4.52. The van der Waals surface area contributed by atoms with Gasteiger partial charge in [0.1, 0.15) is 0 Å². The largest absolute Gasteiger partial charge is 0.417 e. The van der Waals surface area contributed by atoms with Crippen LogP contribution in [0.4, 0.5) is 24.5 Å². The van der Waals surface area contributed by atoms with Gasteiger partial charge in [0.25, 0.3) is 0 Å². The number of anilines is 2. The molecule has 0 aliphatic rings. The molecule has 0 radical (unpaired) electrons. The predicted molar refractivity (Wildman–Crippen MR) is 75.4 cm³/mol. The van der Waals surface area contributed by atoms with E-state index in [0.717, 1.165) is 22.9 Å². The predicted octanol–water partition coefficient (Wildman–Crippen LogP) is 4.94. The summed E-state index contributed by atoms with van der Waals surface area (Å²) in [6.45, 7) is 3.87. The van der Waals surface area contributed by atoms with Crippen LogP contribution in [-0.2, 0) is 6.18 Å². The van der Waals surface area contributed by atoms with E-state index in [9.17, 15) is 13.2 Å². The fourth-order valence-electron chi connectivity index (χ4n) is 2.18. The molecule has 0 aliphatic heterocycles. The first-order valence-corrected chi connectivity index (χ1v) is 6.26. The number of halogens is 3. The van der Waals surface area contributed by atoms with Crippen molar-refractivity contribution < 1.29 is 13.2 Å². The van der Waals surface area contributed by atoms with Gasteiger partial charge in [-0.05, 0) is 55.3 Å². The smallest absolute Gasteiger partial charge is 0.355 e. The van der Waals surface area contributed by atoms with E-state index in [-0.39, 0.29) is 0 Å². The van der Waals surface area contributed by atoms with Crippen molar-refractivity contribution in [3.63, 3.8) is 0 Å². The monoisotopic (exact) mass is 290 g/mol. The molecule has 0 heterocycles. The third-order valence-corrected chi connectivity index (χ3v) is 2.96. The second-order valence-corrected chi connectivity index (χ2v) is 4.87. The number of benzene rings is 2. The van der Waals surface area contributed by atoms with E-state index in [0.29, 0.717) is 5.69 Å². The van der Waals surface area contributed by atoms with E-state index in [4.69, 9.17) is 5.26 Å². The lowest BCUT2D eigenvalue weighted by Crippen LogP contribution is -2.08. The van der Waals surface area contributed by atoms with Gasteiger partial charge in [-0.25, -0.2) is 0 Å². The zero-order chi connectivity index (χ0) is 15.6. The summed E-state index contributed by atoms with van der Waals surface area (Å²) < 4.78 is 38.2. The second-order valence-electron chi connectivity index (χ2n) is 4.87. The van der Waals surface area contributed by atoms with Crippen molar-refractivity contribution in [3.8, 4) is 6.07 Å². The number of hydrogen-bond acceptors (Lipinski definition) is 2. The van der Waals surface area contributed by atoms with Crippen LogP contribution >= 0.6 is 0 Å². The Bertz CT molecular complexity index is 692. The van der Waals surface area contributed by atoms with Crippen molar-refractivity contribution in [3.05, 3.63) is 58.7 Å². The van der Waals surface area contributed by atoms with E-state index in [1.807, 2.05) is 32.0 Å². The SMILES string of the molecule is Cc1cc(C)cc(Nc2ccc(C(F)(F)F)c(C#N)c2)c1. The first kappa shape index (κ1) is 14.9. The summed E-state index contributed by atoms with van der Waals surface area (Å²) in [5, 5.41) is 11.9. The van der Waals surface area contributed by atoms with Gasteiger partial charge in [0.2, 0.25) is 0 Å². The summed E-state index contributed by atoms with van der Waals surface area (Å²) in [6, 6.07) is 10.8. The van der Waals surface area contributed by atoms with Crippen molar-refractivity contribution in [1.82, 2.24) is 0 Å². The van der Waals surface area contributed by atoms with Crippen molar-refractivity contribution in [2.45, 2.75) is 20.0 Å². The third-order valence-electron chi connectivity index (χ3n) is 2.96. The van der Waals surface area contributed by atoms with E-state index < -0.39 is 17.3 Å². The van der Waals surface area contributed by atoms with Crippen LogP contribution in [-0.4, -0.2) is 0 Å². The molecule has 0 fully saturated rings. The van der Waals surface area contributed by atoms with E-state index in [2.05, 4.69) is 5.32 Å². The zero-order valence-electron chi connectivity index (χ0n) is 11.5. The molecule has 2 rings (SSSR count). The fraction of sp³-hybridized carbons (Fsp3) is 0.188. The second kappa shape index (κ2) is 5.49. The molecule has 2 aromatic carbocycles. The normalized spacial score (nSPS) is 11.0. The first-order chi connectivity index (χ1) is 9.79. The number of nitrogens with zero attached hydrogens (tertiary/aromatic N) is 1. The van der Waals surface area contributed by atoms with E-state index in [1.165, 1.54) is 12.1 Å². The van der Waals surface area contributed by atoms with Crippen LogP contribution in [0.15, 0.2) is 36.4 Å². The summed E-state index contributed by atoms with van der Waals surface area (Å²) in [4.78, 5) is 0. The zero-order valence-corrected chi connectivity index (χ0v) is 11.5. The number of aryl methyl sites for hydroxylation is 2. The quantitative estimate of drug-likeness (QED) is 0.850. The van der Waals surface area contributed by atoms with E-state index in [1.54, 1.807) is 6.07 Å². The van der Waals surface area contributed by atoms with Gasteiger partial charge in [0.05, 0.1) is 17.2 Å². The molecule has 108 valence electrons. The number of nitriles is 1. The lowest BCUT2D eigenvalue weighted by Gasteiger charge is -2.12. The Morgan fingerprint density at radius 1 is 0.952 bits per heavy atom. The Kier molecular flexibility index (Phi) is 3.90. The molecule has 0 amide bonds. The molecule has 0 unspecified atom stereocenters. The van der Waals surface area contributed by atoms with Gasteiger partial charge in [-0.15, -0.1) is 0 Å². The van der Waals surface area contributed by atoms with Crippen LogP contribution in [0.1, 0.15) is 22.3 Å². The molecular weight excluding hydrogens is 277 g/mol. The van der Waals surface area contributed by atoms with Gasteiger partial charge in [-0.3, -0.25) is 0 Å². The highest BCUT2D eigenvalue weighted by molar-refractivity contribution is 5.64. The molecule has 2 nitrogen and oxygen atoms in total. The standard InChI is InChI=1S/C16H13F3N2/c1-10-5-11(2)7-14(6-10)21-13-3-4-15(16(17,18)19)12(8-13)9-20/h3-8,21H,1-2H3. The molecule has 0 saturated carbocycles. The number of rotatable bonds is 2. The minimum atomic E-state index is -4.52. The minimum Gasteiger partial charge on any atom is -0.355 e. The van der Waals surface area contributed by atoms with Crippen LogP contribution in [0.25, 0.3) is 0 Å². The lowest BCUT2D eigenvalue weighted by molar-refractivity contribution is -0.137. The van der Waals surface area contributed by atoms with Gasteiger partial charge in [-0.1, -0.05) is 6.07 Å². The first-order valence-electron chi connectivity index (χ1n) is 6.26. The fourth-order valence-corrected chi connectivity index (χ4v) is 2.18. The van der Waals surface area contributed by atoms with Crippen LogP contribution in [0.2, 0.25) is 0 Å². The summed E-state index contributed by atoms with van der Waals surface area (Å²) in [5.74, 6) is 0. The highest BCUT2D eigenvalue weighted by Crippen LogP contribution is 2.33. The lowest BCUT2D eigenvalue weighted by atomic mass is 10.1. The highest BCUT2D eigenvalue weighted by atomic mass is 19.4. The van der Waals surface area contributed by atoms with Crippen LogP contribution in [0.5, 0.6) is 0 Å². The van der Waals surface area contributed by atoms with E-state index >= 15 is 0 Å². The minimum absolute atomic E-state index is 0.392. The van der Waals surface area contributed by atoms with Crippen molar-refractivity contribution >= 4 is 11.4 Å². The molecule has 5 heteroatoms. The highest BCUT2D eigenvalue weighted by Gasteiger charge is 2.33. The summed E-state index contributed by atoms with van der Waals surface area (Å²) >= 11 is 0. The van der Waals surface area contributed by atoms with Gasteiger partial charge in [0.15, 0.2) is 0 Å². The molecule has 0 aromatic heterocycles. The molecule has 0 atom stereocenters. The number of alkyl halides is 3. The summed E-state index contributed by atoms with van der Waals surface area (Å²) in [7, 11) is 0.